The minimum Gasteiger partial charge on any atom is -0.493 e. The Hall–Kier alpha value is -3.88. The van der Waals surface area contributed by atoms with Gasteiger partial charge in [0, 0.05) is 29.6 Å². The summed E-state index contributed by atoms with van der Waals surface area (Å²) >= 11 is 0. The monoisotopic (exact) mass is 523 g/mol. The molecule has 1 heterocycles. The molecule has 0 unspecified atom stereocenters. The average molecular weight is 524 g/mol. The quantitative estimate of drug-likeness (QED) is 0.401. The van der Waals surface area contributed by atoms with Gasteiger partial charge in [0.1, 0.15) is 0 Å². The van der Waals surface area contributed by atoms with Crippen molar-refractivity contribution in [1.29, 1.82) is 0 Å². The number of H-pyrrole nitrogens is 1. The van der Waals surface area contributed by atoms with E-state index in [1.807, 2.05) is 30.3 Å². The third-order valence-electron chi connectivity index (χ3n) is 7.12. The van der Waals surface area contributed by atoms with Crippen molar-refractivity contribution >= 4 is 16.9 Å². The number of rotatable bonds is 10. The number of carbonyl (C=O) groups is 1. The highest BCUT2D eigenvalue weighted by Gasteiger charge is 2.22. The number of carbonyl (C=O) groups excluding carboxylic acids is 1. The second kappa shape index (κ2) is 12.6. The van der Waals surface area contributed by atoms with Crippen LogP contribution in [-0.4, -0.2) is 56.9 Å². The van der Waals surface area contributed by atoms with Crippen molar-refractivity contribution in [3.05, 3.63) is 57.9 Å². The SMILES string of the molecule is COc1ccc(CCN(Cc2cc3cc(OC)c(OC)cc3[nH]c2=O)C(=O)NC2CCCCC2)cc1OC. The molecule has 0 atom stereocenters. The molecular formula is C29H37N3O6. The van der Waals surface area contributed by atoms with Gasteiger partial charge >= 0.3 is 6.03 Å². The van der Waals surface area contributed by atoms with Crippen LogP contribution in [-0.2, 0) is 13.0 Å². The molecule has 9 nitrogen and oxygen atoms in total. The van der Waals surface area contributed by atoms with E-state index in [1.54, 1.807) is 39.4 Å². The molecule has 0 spiro atoms. The number of pyridine rings is 1. The van der Waals surface area contributed by atoms with Gasteiger partial charge in [-0.3, -0.25) is 4.79 Å². The van der Waals surface area contributed by atoms with Gasteiger partial charge in [-0.15, -0.1) is 0 Å². The van der Waals surface area contributed by atoms with E-state index in [0.29, 0.717) is 47.0 Å². The van der Waals surface area contributed by atoms with Crippen molar-refractivity contribution < 1.29 is 23.7 Å². The van der Waals surface area contributed by atoms with Crippen molar-refractivity contribution in [2.24, 2.45) is 0 Å². The summed E-state index contributed by atoms with van der Waals surface area (Å²) in [5.41, 5.74) is 1.89. The second-order valence-electron chi connectivity index (χ2n) is 9.56. The highest BCUT2D eigenvalue weighted by atomic mass is 16.5. The van der Waals surface area contributed by atoms with Crippen LogP contribution in [0.5, 0.6) is 23.0 Å². The summed E-state index contributed by atoms with van der Waals surface area (Å²) in [6.07, 6.45) is 5.99. The summed E-state index contributed by atoms with van der Waals surface area (Å²) in [5.74, 6) is 2.39. The Morgan fingerprint density at radius 2 is 1.55 bits per heavy atom. The van der Waals surface area contributed by atoms with Crippen LogP contribution in [0.25, 0.3) is 10.9 Å². The first-order valence-electron chi connectivity index (χ1n) is 13.0. The number of methoxy groups -OCH3 is 4. The Bertz CT molecular complexity index is 1320. The van der Waals surface area contributed by atoms with Gasteiger partial charge in [0.25, 0.3) is 5.56 Å². The molecule has 9 heteroatoms. The van der Waals surface area contributed by atoms with E-state index in [2.05, 4.69) is 10.3 Å². The molecule has 2 amide bonds. The van der Waals surface area contributed by atoms with Gasteiger partial charge in [-0.1, -0.05) is 25.3 Å². The fraction of sp³-hybridized carbons (Fsp3) is 0.448. The summed E-state index contributed by atoms with van der Waals surface area (Å²) < 4.78 is 21.6. The zero-order valence-electron chi connectivity index (χ0n) is 22.6. The average Bonchev–Trinajstić information content (AvgIpc) is 2.94. The number of aromatic nitrogens is 1. The minimum absolute atomic E-state index is 0.159. The van der Waals surface area contributed by atoms with Crippen LogP contribution in [0.2, 0.25) is 0 Å². The normalized spacial score (nSPS) is 13.7. The van der Waals surface area contributed by atoms with Crippen molar-refractivity contribution in [2.45, 2.75) is 51.1 Å². The molecule has 1 aromatic heterocycles. The topological polar surface area (TPSA) is 102 Å². The first-order valence-corrected chi connectivity index (χ1v) is 13.0. The molecule has 0 saturated heterocycles. The van der Waals surface area contributed by atoms with Crippen LogP contribution >= 0.6 is 0 Å². The van der Waals surface area contributed by atoms with Gasteiger partial charge in [0.15, 0.2) is 23.0 Å². The maximum Gasteiger partial charge on any atom is 0.317 e. The Balaban J connectivity index is 1.59. The number of ether oxygens (including phenoxy) is 4. The molecule has 1 saturated carbocycles. The Labute approximate surface area is 223 Å². The van der Waals surface area contributed by atoms with Crippen molar-refractivity contribution in [3.8, 4) is 23.0 Å². The summed E-state index contributed by atoms with van der Waals surface area (Å²) in [7, 11) is 6.32. The molecule has 4 rings (SSSR count). The third-order valence-corrected chi connectivity index (χ3v) is 7.12. The smallest absolute Gasteiger partial charge is 0.317 e. The third kappa shape index (κ3) is 6.33. The number of benzene rings is 2. The van der Waals surface area contributed by atoms with E-state index in [9.17, 15) is 9.59 Å². The zero-order chi connectivity index (χ0) is 27.1. The van der Waals surface area contributed by atoms with E-state index < -0.39 is 0 Å². The molecule has 1 aliphatic rings. The lowest BCUT2D eigenvalue weighted by Gasteiger charge is -2.28. The summed E-state index contributed by atoms with van der Waals surface area (Å²) in [6.45, 7) is 0.600. The van der Waals surface area contributed by atoms with Gasteiger partial charge in [-0.25, -0.2) is 4.79 Å². The molecule has 2 aromatic carbocycles. The van der Waals surface area contributed by atoms with E-state index in [4.69, 9.17) is 18.9 Å². The molecular weight excluding hydrogens is 486 g/mol. The zero-order valence-corrected chi connectivity index (χ0v) is 22.6. The first kappa shape index (κ1) is 27.2. The lowest BCUT2D eigenvalue weighted by molar-refractivity contribution is 0.187. The maximum atomic E-state index is 13.4. The molecule has 1 fully saturated rings. The fourth-order valence-corrected chi connectivity index (χ4v) is 4.97. The molecule has 2 N–H and O–H groups in total. The van der Waals surface area contributed by atoms with E-state index >= 15 is 0 Å². The Kier molecular flexibility index (Phi) is 8.99. The predicted octanol–water partition coefficient (Wildman–Crippen LogP) is 4.65. The molecule has 204 valence electrons. The molecule has 3 aromatic rings. The summed E-state index contributed by atoms with van der Waals surface area (Å²) in [5, 5.41) is 4.00. The molecule has 0 bridgehead atoms. The van der Waals surface area contributed by atoms with Gasteiger partial charge in [-0.2, -0.15) is 0 Å². The van der Waals surface area contributed by atoms with Crippen LogP contribution in [0.15, 0.2) is 41.2 Å². The lowest BCUT2D eigenvalue weighted by Crippen LogP contribution is -2.46. The summed E-state index contributed by atoms with van der Waals surface area (Å²) in [4.78, 5) is 31.1. The van der Waals surface area contributed by atoms with Crippen molar-refractivity contribution in [3.63, 3.8) is 0 Å². The van der Waals surface area contributed by atoms with E-state index in [0.717, 1.165) is 36.6 Å². The first-order chi connectivity index (χ1) is 18.4. The van der Waals surface area contributed by atoms with E-state index in [-0.39, 0.29) is 24.2 Å². The predicted molar refractivity (Wildman–Crippen MR) is 147 cm³/mol. The number of urea groups is 1. The molecule has 38 heavy (non-hydrogen) atoms. The van der Waals surface area contributed by atoms with Crippen LogP contribution in [0, 0.1) is 0 Å². The highest BCUT2D eigenvalue weighted by Crippen LogP contribution is 2.31. The fourth-order valence-electron chi connectivity index (χ4n) is 4.97. The van der Waals surface area contributed by atoms with Crippen LogP contribution < -0.4 is 29.8 Å². The Morgan fingerprint density at radius 1 is 0.895 bits per heavy atom. The minimum atomic E-state index is -0.244. The van der Waals surface area contributed by atoms with Crippen LogP contribution in [0.3, 0.4) is 0 Å². The van der Waals surface area contributed by atoms with E-state index in [1.165, 1.54) is 6.42 Å². The van der Waals surface area contributed by atoms with Crippen molar-refractivity contribution in [1.82, 2.24) is 15.2 Å². The second-order valence-corrected chi connectivity index (χ2v) is 9.56. The van der Waals surface area contributed by atoms with Crippen molar-refractivity contribution in [2.75, 3.05) is 35.0 Å². The number of hydrogen-bond acceptors (Lipinski definition) is 6. The van der Waals surface area contributed by atoms with Gasteiger partial charge in [0.05, 0.1) is 40.5 Å². The van der Waals surface area contributed by atoms with Gasteiger partial charge in [0.2, 0.25) is 0 Å². The molecule has 0 radical (unpaired) electrons. The number of amides is 2. The number of nitrogens with zero attached hydrogens (tertiary/aromatic N) is 1. The highest BCUT2D eigenvalue weighted by molar-refractivity contribution is 5.83. The maximum absolute atomic E-state index is 13.4. The summed E-state index contributed by atoms with van der Waals surface area (Å²) in [6, 6.07) is 11.1. The number of fused-ring (bicyclic) bond motifs is 1. The largest absolute Gasteiger partial charge is 0.493 e. The number of aromatic amines is 1. The number of nitrogens with one attached hydrogen (secondary N) is 2. The van der Waals surface area contributed by atoms with Crippen LogP contribution in [0.1, 0.15) is 43.2 Å². The lowest BCUT2D eigenvalue weighted by atomic mass is 9.96. The molecule has 1 aliphatic carbocycles. The van der Waals surface area contributed by atoms with Crippen LogP contribution in [0.4, 0.5) is 4.79 Å². The molecule has 0 aliphatic heterocycles. The standard InChI is InChI=1S/C29H37N3O6/c1-35-24-11-10-19(14-25(24)36-2)12-13-32(29(34)30-22-8-6-5-7-9-22)18-21-15-20-16-26(37-3)27(38-4)17-23(20)31-28(21)33/h10-11,14-17,22H,5-9,12-13,18H2,1-4H3,(H,30,34)(H,31,33). The van der Waals surface area contributed by atoms with Gasteiger partial charge < -0.3 is 34.1 Å². The number of hydrogen-bond donors (Lipinski definition) is 2. The van der Waals surface area contributed by atoms with Gasteiger partial charge in [-0.05, 0) is 49.1 Å². The Morgan fingerprint density at radius 3 is 2.24 bits per heavy atom.